The Morgan fingerprint density at radius 2 is 2.35 bits per heavy atom. The Bertz CT molecular complexity index is 529. The summed E-state index contributed by atoms with van der Waals surface area (Å²) in [5.41, 5.74) is 0.498. The Balaban J connectivity index is 2.02. The smallest absolute Gasteiger partial charge is 0.251 e. The van der Waals surface area contributed by atoms with E-state index in [9.17, 15) is 4.79 Å². The number of carbonyl (C=O) groups excluding carboxylic acids is 1. The Morgan fingerprint density at radius 1 is 1.53 bits per heavy atom. The van der Waals surface area contributed by atoms with Gasteiger partial charge in [-0.05, 0) is 34.1 Å². The number of carbonyl (C=O) groups is 1. The Kier molecular flexibility index (Phi) is 3.75. The van der Waals surface area contributed by atoms with Crippen molar-refractivity contribution in [2.75, 3.05) is 0 Å². The summed E-state index contributed by atoms with van der Waals surface area (Å²) in [6.45, 7) is 0.298. The minimum Gasteiger partial charge on any atom is -0.345 e. The molecule has 5 nitrogen and oxygen atoms in total. The summed E-state index contributed by atoms with van der Waals surface area (Å²) in [6.07, 6.45) is 1.39. The third kappa shape index (κ3) is 3.04. The molecule has 2 aromatic rings. The fourth-order valence-electron chi connectivity index (χ4n) is 1.22. The summed E-state index contributed by atoms with van der Waals surface area (Å²) < 4.78 is 0.756. The van der Waals surface area contributed by atoms with Crippen molar-refractivity contribution in [1.29, 1.82) is 0 Å². The molecule has 7 heteroatoms. The molecule has 0 saturated carbocycles. The zero-order valence-corrected chi connectivity index (χ0v) is 10.9. The lowest BCUT2D eigenvalue weighted by molar-refractivity contribution is 0.0950. The molecule has 0 aliphatic heterocycles. The molecule has 0 spiro atoms. The van der Waals surface area contributed by atoms with Crippen LogP contribution in [0.2, 0.25) is 5.02 Å². The van der Waals surface area contributed by atoms with Crippen molar-refractivity contribution < 1.29 is 4.79 Å². The van der Waals surface area contributed by atoms with Crippen LogP contribution in [0, 0.1) is 0 Å². The van der Waals surface area contributed by atoms with E-state index in [1.807, 2.05) is 0 Å². The van der Waals surface area contributed by atoms with Crippen LogP contribution in [-0.4, -0.2) is 21.1 Å². The van der Waals surface area contributed by atoms with Gasteiger partial charge in [0.15, 0.2) is 0 Å². The second-order valence-corrected chi connectivity index (χ2v) is 4.51. The first-order chi connectivity index (χ1) is 8.16. The standard InChI is InChI=1S/C10H8BrClN4O/c11-7-2-1-6(3-8(7)12)10(17)13-4-9-14-5-15-16-9/h1-3,5H,4H2,(H,13,17)(H,14,15,16). The molecular formula is C10H8BrClN4O. The first kappa shape index (κ1) is 12.1. The zero-order chi connectivity index (χ0) is 12.3. The van der Waals surface area contributed by atoms with Gasteiger partial charge in [0.1, 0.15) is 12.2 Å². The van der Waals surface area contributed by atoms with E-state index in [2.05, 4.69) is 36.4 Å². The van der Waals surface area contributed by atoms with E-state index in [1.54, 1.807) is 18.2 Å². The summed E-state index contributed by atoms with van der Waals surface area (Å²) in [4.78, 5) is 15.7. The van der Waals surface area contributed by atoms with Crippen LogP contribution in [0.1, 0.15) is 16.2 Å². The molecule has 0 radical (unpaired) electrons. The van der Waals surface area contributed by atoms with Crippen LogP contribution >= 0.6 is 27.5 Å². The van der Waals surface area contributed by atoms with Crippen molar-refractivity contribution in [3.05, 3.63) is 45.4 Å². The highest BCUT2D eigenvalue weighted by molar-refractivity contribution is 9.10. The molecule has 0 aliphatic rings. The van der Waals surface area contributed by atoms with Crippen LogP contribution < -0.4 is 5.32 Å². The molecule has 0 fully saturated rings. The lowest BCUT2D eigenvalue weighted by Gasteiger charge is -2.04. The van der Waals surface area contributed by atoms with Crippen LogP contribution in [0.3, 0.4) is 0 Å². The Labute approximate surface area is 111 Å². The molecule has 1 aromatic carbocycles. The van der Waals surface area contributed by atoms with E-state index in [4.69, 9.17) is 11.6 Å². The van der Waals surface area contributed by atoms with Crippen molar-refractivity contribution in [1.82, 2.24) is 20.5 Å². The maximum absolute atomic E-state index is 11.8. The van der Waals surface area contributed by atoms with Crippen LogP contribution in [0.4, 0.5) is 0 Å². The van der Waals surface area contributed by atoms with E-state index in [-0.39, 0.29) is 5.91 Å². The second kappa shape index (κ2) is 5.29. The van der Waals surface area contributed by atoms with Gasteiger partial charge in [0.05, 0.1) is 11.6 Å². The summed E-state index contributed by atoms with van der Waals surface area (Å²) >= 11 is 9.16. The lowest BCUT2D eigenvalue weighted by atomic mass is 10.2. The molecule has 0 aliphatic carbocycles. The van der Waals surface area contributed by atoms with Crippen molar-refractivity contribution in [2.45, 2.75) is 6.54 Å². The number of nitrogens with zero attached hydrogens (tertiary/aromatic N) is 2. The maximum atomic E-state index is 11.8. The molecule has 0 saturated heterocycles. The zero-order valence-electron chi connectivity index (χ0n) is 8.58. The monoisotopic (exact) mass is 314 g/mol. The molecule has 88 valence electrons. The van der Waals surface area contributed by atoms with Crippen molar-refractivity contribution in [3.8, 4) is 0 Å². The normalized spacial score (nSPS) is 10.2. The van der Waals surface area contributed by atoms with Crippen LogP contribution in [0.5, 0.6) is 0 Å². The number of amides is 1. The molecule has 0 unspecified atom stereocenters. The van der Waals surface area contributed by atoms with Gasteiger partial charge in [0, 0.05) is 10.0 Å². The van der Waals surface area contributed by atoms with Crippen LogP contribution in [0.15, 0.2) is 29.0 Å². The highest BCUT2D eigenvalue weighted by atomic mass is 79.9. The molecular weight excluding hydrogens is 307 g/mol. The summed E-state index contributed by atoms with van der Waals surface area (Å²) in [5, 5.41) is 9.54. The van der Waals surface area contributed by atoms with Gasteiger partial charge in [-0.1, -0.05) is 11.6 Å². The first-order valence-corrected chi connectivity index (χ1v) is 5.91. The number of benzene rings is 1. The largest absolute Gasteiger partial charge is 0.345 e. The predicted molar refractivity (Wildman–Crippen MR) is 66.7 cm³/mol. The number of hydrogen-bond acceptors (Lipinski definition) is 3. The van der Waals surface area contributed by atoms with Gasteiger partial charge in [-0.15, -0.1) is 0 Å². The van der Waals surface area contributed by atoms with Gasteiger partial charge in [0.25, 0.3) is 5.91 Å². The number of aromatic amines is 1. The third-order valence-electron chi connectivity index (χ3n) is 2.06. The summed E-state index contributed by atoms with van der Waals surface area (Å²) in [7, 11) is 0. The minimum absolute atomic E-state index is 0.212. The predicted octanol–water partition coefficient (Wildman–Crippen LogP) is 2.15. The number of rotatable bonds is 3. The molecule has 2 rings (SSSR count). The second-order valence-electron chi connectivity index (χ2n) is 3.24. The molecule has 2 N–H and O–H groups in total. The van der Waals surface area contributed by atoms with E-state index in [0.717, 1.165) is 4.47 Å². The number of hydrogen-bond donors (Lipinski definition) is 2. The number of aromatic nitrogens is 3. The summed E-state index contributed by atoms with van der Waals surface area (Å²) in [6, 6.07) is 5.01. The molecule has 0 bridgehead atoms. The van der Waals surface area contributed by atoms with Gasteiger partial charge in [-0.25, -0.2) is 4.98 Å². The molecule has 17 heavy (non-hydrogen) atoms. The van der Waals surface area contributed by atoms with E-state index in [0.29, 0.717) is 23.0 Å². The fraction of sp³-hybridized carbons (Fsp3) is 0.100. The lowest BCUT2D eigenvalue weighted by Crippen LogP contribution is -2.23. The van der Waals surface area contributed by atoms with E-state index < -0.39 is 0 Å². The van der Waals surface area contributed by atoms with Crippen LogP contribution in [0.25, 0.3) is 0 Å². The number of H-pyrrole nitrogens is 1. The average Bonchev–Trinajstić information content (AvgIpc) is 2.82. The van der Waals surface area contributed by atoms with Crippen LogP contribution in [-0.2, 0) is 6.54 Å². The molecule has 0 atom stereocenters. The van der Waals surface area contributed by atoms with Crippen molar-refractivity contribution in [3.63, 3.8) is 0 Å². The molecule has 1 aromatic heterocycles. The number of nitrogens with one attached hydrogen (secondary N) is 2. The topological polar surface area (TPSA) is 70.7 Å². The van der Waals surface area contributed by atoms with Gasteiger partial charge < -0.3 is 5.32 Å². The van der Waals surface area contributed by atoms with E-state index in [1.165, 1.54) is 6.33 Å². The van der Waals surface area contributed by atoms with Gasteiger partial charge in [-0.2, -0.15) is 5.10 Å². The maximum Gasteiger partial charge on any atom is 0.251 e. The first-order valence-electron chi connectivity index (χ1n) is 4.74. The van der Waals surface area contributed by atoms with Gasteiger partial charge in [-0.3, -0.25) is 9.89 Å². The van der Waals surface area contributed by atoms with Crippen molar-refractivity contribution in [2.24, 2.45) is 0 Å². The van der Waals surface area contributed by atoms with E-state index >= 15 is 0 Å². The average molecular weight is 316 g/mol. The third-order valence-corrected chi connectivity index (χ3v) is 3.30. The Morgan fingerprint density at radius 3 is 3.00 bits per heavy atom. The van der Waals surface area contributed by atoms with Crippen molar-refractivity contribution >= 4 is 33.4 Å². The molecule has 1 heterocycles. The quantitative estimate of drug-likeness (QED) is 0.911. The minimum atomic E-state index is -0.212. The highest BCUT2D eigenvalue weighted by Crippen LogP contribution is 2.23. The highest BCUT2D eigenvalue weighted by Gasteiger charge is 2.08. The van der Waals surface area contributed by atoms with Gasteiger partial charge >= 0.3 is 0 Å². The SMILES string of the molecule is O=C(NCc1ncn[nH]1)c1ccc(Br)c(Cl)c1. The van der Waals surface area contributed by atoms with Gasteiger partial charge in [0.2, 0.25) is 0 Å². The molecule has 1 amide bonds. The Hall–Kier alpha value is -1.40. The summed E-state index contributed by atoms with van der Waals surface area (Å²) in [5.74, 6) is 0.386. The fourth-order valence-corrected chi connectivity index (χ4v) is 1.65. The number of halogens is 2.